The van der Waals surface area contributed by atoms with Crippen LogP contribution in [-0.4, -0.2) is 24.2 Å². The number of hydrogen-bond donors (Lipinski definition) is 0. The molecule has 0 spiro atoms. The maximum atomic E-state index is 2.72. The van der Waals surface area contributed by atoms with Gasteiger partial charge in [0, 0.05) is 24.8 Å². The van der Waals surface area contributed by atoms with Crippen LogP contribution >= 0.6 is 0 Å². The highest BCUT2D eigenvalue weighted by Crippen LogP contribution is 2.39. The number of piperidine rings is 1. The molecule has 2 heteroatoms. The molecule has 0 bridgehead atoms. The van der Waals surface area contributed by atoms with Crippen molar-refractivity contribution in [3.8, 4) is 0 Å². The quantitative estimate of drug-likeness (QED) is 0.811. The summed E-state index contributed by atoms with van der Waals surface area (Å²) in [6.45, 7) is 4.50. The molecule has 0 aliphatic carbocycles. The van der Waals surface area contributed by atoms with Crippen molar-refractivity contribution in [2.45, 2.75) is 38.4 Å². The summed E-state index contributed by atoms with van der Waals surface area (Å²) in [5.41, 5.74) is 4.22. The van der Waals surface area contributed by atoms with Crippen LogP contribution in [0.2, 0.25) is 0 Å². The molecule has 2 nitrogen and oxygen atoms in total. The Morgan fingerprint density at radius 1 is 0.864 bits per heavy atom. The van der Waals surface area contributed by atoms with Gasteiger partial charge in [0.1, 0.15) is 0 Å². The van der Waals surface area contributed by atoms with E-state index >= 15 is 0 Å². The lowest BCUT2D eigenvalue weighted by atomic mass is 9.93. The Morgan fingerprint density at radius 3 is 2.41 bits per heavy atom. The summed E-state index contributed by atoms with van der Waals surface area (Å²) in [6, 6.07) is 20.7. The van der Waals surface area contributed by atoms with Crippen LogP contribution in [-0.2, 0) is 0 Å². The second-order valence-electron chi connectivity index (χ2n) is 6.60. The van der Waals surface area contributed by atoms with Crippen molar-refractivity contribution in [1.82, 2.24) is 4.90 Å². The molecule has 0 radical (unpaired) electrons. The summed E-state index contributed by atoms with van der Waals surface area (Å²) in [7, 11) is 0. The van der Waals surface area contributed by atoms with E-state index in [1.165, 1.54) is 42.6 Å². The van der Waals surface area contributed by atoms with E-state index in [4.69, 9.17) is 0 Å². The van der Waals surface area contributed by atoms with Gasteiger partial charge in [-0.25, -0.2) is 0 Å². The number of aryl methyl sites for hydroxylation is 1. The van der Waals surface area contributed by atoms with Gasteiger partial charge in [-0.05, 0) is 43.9 Å². The normalized spacial score (nSPS) is 25.2. The average molecular weight is 292 g/mol. The molecule has 4 rings (SSSR count). The largest absolute Gasteiger partial charge is 0.354 e. The first-order valence-electron chi connectivity index (χ1n) is 8.47. The van der Waals surface area contributed by atoms with Crippen LogP contribution in [0, 0.1) is 6.92 Å². The summed E-state index contributed by atoms with van der Waals surface area (Å²) in [4.78, 5) is 5.32. The van der Waals surface area contributed by atoms with E-state index in [0.29, 0.717) is 12.2 Å². The first-order chi connectivity index (χ1) is 10.8. The van der Waals surface area contributed by atoms with Gasteiger partial charge in [0.2, 0.25) is 0 Å². The van der Waals surface area contributed by atoms with Gasteiger partial charge in [0.25, 0.3) is 0 Å². The standard InChI is InChI=1S/C20H24N2/c1-16-10-12-17(13-11-16)19-8-5-9-20-21(14-15-22(19)20)18-6-3-2-4-7-18/h2-4,6-7,10-13,19-20H,5,8-9,14-15H2,1H3. The fourth-order valence-corrected chi connectivity index (χ4v) is 4.11. The summed E-state index contributed by atoms with van der Waals surface area (Å²) in [5.74, 6) is 0. The molecule has 2 aromatic rings. The monoisotopic (exact) mass is 292 g/mol. The van der Waals surface area contributed by atoms with E-state index in [-0.39, 0.29) is 0 Å². The van der Waals surface area contributed by atoms with Crippen LogP contribution in [0.15, 0.2) is 54.6 Å². The van der Waals surface area contributed by atoms with E-state index in [1.54, 1.807) is 0 Å². The zero-order chi connectivity index (χ0) is 14.9. The van der Waals surface area contributed by atoms with Crippen molar-refractivity contribution < 1.29 is 0 Å². The molecule has 0 N–H and O–H groups in total. The predicted molar refractivity (Wildman–Crippen MR) is 92.1 cm³/mol. The maximum absolute atomic E-state index is 2.72. The highest BCUT2D eigenvalue weighted by molar-refractivity contribution is 5.48. The van der Waals surface area contributed by atoms with Crippen molar-refractivity contribution in [3.05, 3.63) is 65.7 Å². The first kappa shape index (κ1) is 13.8. The fourth-order valence-electron chi connectivity index (χ4n) is 4.11. The minimum atomic E-state index is 0.572. The van der Waals surface area contributed by atoms with Crippen molar-refractivity contribution in [2.24, 2.45) is 0 Å². The SMILES string of the molecule is Cc1ccc(C2CCCC3N(c4ccccc4)CCN23)cc1. The zero-order valence-electron chi connectivity index (χ0n) is 13.3. The number of benzene rings is 2. The molecule has 2 aliphatic rings. The Kier molecular flexibility index (Phi) is 3.63. The van der Waals surface area contributed by atoms with Gasteiger partial charge in [-0.1, -0.05) is 48.0 Å². The van der Waals surface area contributed by atoms with Crippen molar-refractivity contribution >= 4 is 5.69 Å². The van der Waals surface area contributed by atoms with E-state index in [1.807, 2.05) is 0 Å². The molecule has 2 aliphatic heterocycles. The Morgan fingerprint density at radius 2 is 1.64 bits per heavy atom. The lowest BCUT2D eigenvalue weighted by Crippen LogP contribution is -2.43. The van der Waals surface area contributed by atoms with Crippen molar-refractivity contribution in [3.63, 3.8) is 0 Å². The molecule has 0 saturated carbocycles. The molecule has 2 aromatic carbocycles. The molecule has 2 heterocycles. The molecule has 2 saturated heterocycles. The van der Waals surface area contributed by atoms with Crippen LogP contribution in [0.4, 0.5) is 5.69 Å². The topological polar surface area (TPSA) is 6.48 Å². The number of nitrogens with zero attached hydrogens (tertiary/aromatic N) is 2. The third-order valence-electron chi connectivity index (χ3n) is 5.23. The van der Waals surface area contributed by atoms with Gasteiger partial charge >= 0.3 is 0 Å². The van der Waals surface area contributed by atoms with Gasteiger partial charge < -0.3 is 4.90 Å². The Hall–Kier alpha value is -1.80. The number of hydrogen-bond acceptors (Lipinski definition) is 2. The Labute approximate surface area is 133 Å². The fraction of sp³-hybridized carbons (Fsp3) is 0.400. The minimum Gasteiger partial charge on any atom is -0.354 e. The number of anilines is 1. The summed E-state index contributed by atoms with van der Waals surface area (Å²) in [6.07, 6.45) is 4.48. The zero-order valence-corrected chi connectivity index (χ0v) is 13.3. The van der Waals surface area contributed by atoms with Gasteiger partial charge in [-0.3, -0.25) is 4.90 Å². The van der Waals surface area contributed by atoms with Crippen LogP contribution < -0.4 is 4.90 Å². The molecule has 0 aromatic heterocycles. The molecular weight excluding hydrogens is 268 g/mol. The minimum absolute atomic E-state index is 0.572. The van der Waals surface area contributed by atoms with Crippen LogP contribution in [0.3, 0.4) is 0 Å². The molecule has 22 heavy (non-hydrogen) atoms. The molecule has 2 unspecified atom stereocenters. The second kappa shape index (κ2) is 5.77. The third-order valence-corrected chi connectivity index (χ3v) is 5.23. The second-order valence-corrected chi connectivity index (χ2v) is 6.60. The Bertz CT molecular complexity index is 620. The lowest BCUT2D eigenvalue weighted by Gasteiger charge is -2.40. The van der Waals surface area contributed by atoms with Crippen molar-refractivity contribution in [1.29, 1.82) is 0 Å². The predicted octanol–water partition coefficient (Wildman–Crippen LogP) is 4.37. The first-order valence-corrected chi connectivity index (χ1v) is 8.47. The number of fused-ring (bicyclic) bond motifs is 1. The van der Waals surface area contributed by atoms with Gasteiger partial charge in [-0.2, -0.15) is 0 Å². The van der Waals surface area contributed by atoms with Gasteiger partial charge in [0.05, 0.1) is 6.17 Å². The molecule has 0 amide bonds. The summed E-state index contributed by atoms with van der Waals surface area (Å²) in [5, 5.41) is 0. The van der Waals surface area contributed by atoms with Crippen LogP contribution in [0.25, 0.3) is 0 Å². The highest BCUT2D eigenvalue weighted by Gasteiger charge is 2.39. The van der Waals surface area contributed by atoms with E-state index in [2.05, 4.69) is 71.3 Å². The number of rotatable bonds is 2. The average Bonchev–Trinajstić information content (AvgIpc) is 3.00. The van der Waals surface area contributed by atoms with Gasteiger partial charge in [0.15, 0.2) is 0 Å². The lowest BCUT2D eigenvalue weighted by molar-refractivity contribution is 0.124. The van der Waals surface area contributed by atoms with E-state index < -0.39 is 0 Å². The molecule has 2 fully saturated rings. The maximum Gasteiger partial charge on any atom is 0.0826 e. The summed E-state index contributed by atoms with van der Waals surface area (Å²) >= 11 is 0. The summed E-state index contributed by atoms with van der Waals surface area (Å²) < 4.78 is 0. The molecular formula is C20H24N2. The van der Waals surface area contributed by atoms with Crippen LogP contribution in [0.1, 0.15) is 36.4 Å². The smallest absolute Gasteiger partial charge is 0.0826 e. The number of para-hydroxylation sites is 1. The molecule has 2 atom stereocenters. The van der Waals surface area contributed by atoms with Crippen LogP contribution in [0.5, 0.6) is 0 Å². The van der Waals surface area contributed by atoms with Crippen molar-refractivity contribution in [2.75, 3.05) is 18.0 Å². The van der Waals surface area contributed by atoms with E-state index in [9.17, 15) is 0 Å². The third kappa shape index (κ3) is 2.42. The highest BCUT2D eigenvalue weighted by atomic mass is 15.4. The van der Waals surface area contributed by atoms with E-state index in [0.717, 1.165) is 6.54 Å². The molecule has 114 valence electrons. The Balaban J connectivity index is 1.60. The van der Waals surface area contributed by atoms with Gasteiger partial charge in [-0.15, -0.1) is 0 Å².